The average molecular weight is 301 g/mol. The molecular weight excluding hydrogens is 281 g/mol. The van der Waals surface area contributed by atoms with E-state index in [0.717, 1.165) is 37.2 Å². The van der Waals surface area contributed by atoms with Gasteiger partial charge in [0.15, 0.2) is 11.6 Å². The van der Waals surface area contributed by atoms with Crippen LogP contribution in [0, 0.1) is 18.7 Å². The van der Waals surface area contributed by atoms with Crippen LogP contribution < -0.4 is 9.64 Å². The number of aromatic nitrogens is 2. The van der Waals surface area contributed by atoms with Gasteiger partial charge in [0.05, 0.1) is 6.61 Å². The van der Waals surface area contributed by atoms with Crippen molar-refractivity contribution in [3.63, 3.8) is 0 Å². The zero-order chi connectivity index (χ0) is 15.4. The molecule has 22 heavy (non-hydrogen) atoms. The molecule has 0 unspecified atom stereocenters. The van der Waals surface area contributed by atoms with Gasteiger partial charge in [0.1, 0.15) is 5.75 Å². The normalized spacial score (nSPS) is 15.8. The Balaban J connectivity index is 1.52. The first-order valence-corrected chi connectivity index (χ1v) is 7.63. The van der Waals surface area contributed by atoms with Crippen molar-refractivity contribution in [2.24, 2.45) is 5.92 Å². The number of hydrogen-bond donors (Lipinski definition) is 0. The summed E-state index contributed by atoms with van der Waals surface area (Å²) in [5.41, 5.74) is 1.05. The molecule has 3 heterocycles. The van der Waals surface area contributed by atoms with Gasteiger partial charge in [-0.3, -0.25) is 4.98 Å². The molecule has 2 aromatic heterocycles. The molecule has 2 aromatic rings. The van der Waals surface area contributed by atoms with E-state index in [0.29, 0.717) is 18.3 Å². The van der Waals surface area contributed by atoms with E-state index in [4.69, 9.17) is 4.74 Å². The smallest absolute Gasteiger partial charge is 0.165 e. The average Bonchev–Trinajstić information content (AvgIpc) is 2.55. The number of nitrogens with zero attached hydrogens (tertiary/aromatic N) is 3. The molecule has 0 aromatic carbocycles. The standard InChI is InChI=1S/C17H20FN3O/c1-13-11-19-8-4-16(13)22-12-14-5-9-21(10-6-14)17-15(18)3-2-7-20-17/h2-4,7-8,11,14H,5-6,9-10,12H2,1H3. The lowest BCUT2D eigenvalue weighted by Crippen LogP contribution is -2.36. The molecule has 1 saturated heterocycles. The zero-order valence-electron chi connectivity index (χ0n) is 12.7. The number of rotatable bonds is 4. The van der Waals surface area contributed by atoms with Gasteiger partial charge in [0, 0.05) is 37.2 Å². The van der Waals surface area contributed by atoms with Crippen molar-refractivity contribution >= 4 is 5.82 Å². The Hall–Kier alpha value is -2.17. The predicted octanol–water partition coefficient (Wildman–Crippen LogP) is 3.22. The second-order valence-corrected chi connectivity index (χ2v) is 5.69. The quantitative estimate of drug-likeness (QED) is 0.869. The van der Waals surface area contributed by atoms with Gasteiger partial charge in [-0.25, -0.2) is 9.37 Å². The number of ether oxygens (including phenoxy) is 1. The number of anilines is 1. The van der Waals surface area contributed by atoms with Gasteiger partial charge in [-0.15, -0.1) is 0 Å². The SMILES string of the molecule is Cc1cnccc1OCC1CCN(c2ncccc2F)CC1. The fourth-order valence-corrected chi connectivity index (χ4v) is 2.75. The molecule has 1 aliphatic heterocycles. The summed E-state index contributed by atoms with van der Waals surface area (Å²) in [7, 11) is 0. The Labute approximate surface area is 130 Å². The molecule has 0 atom stereocenters. The highest BCUT2D eigenvalue weighted by Gasteiger charge is 2.22. The van der Waals surface area contributed by atoms with Gasteiger partial charge < -0.3 is 9.64 Å². The molecule has 0 aliphatic carbocycles. The topological polar surface area (TPSA) is 38.2 Å². The fraction of sp³-hybridized carbons (Fsp3) is 0.412. The highest BCUT2D eigenvalue weighted by Crippen LogP contribution is 2.25. The zero-order valence-corrected chi connectivity index (χ0v) is 12.7. The number of halogens is 1. The maximum absolute atomic E-state index is 13.8. The van der Waals surface area contributed by atoms with E-state index in [2.05, 4.69) is 9.97 Å². The van der Waals surface area contributed by atoms with Crippen molar-refractivity contribution in [3.05, 3.63) is 48.2 Å². The van der Waals surface area contributed by atoms with Crippen molar-refractivity contribution in [1.82, 2.24) is 9.97 Å². The van der Waals surface area contributed by atoms with E-state index < -0.39 is 0 Å². The lowest BCUT2D eigenvalue weighted by Gasteiger charge is -2.32. The van der Waals surface area contributed by atoms with E-state index in [-0.39, 0.29) is 5.82 Å². The largest absolute Gasteiger partial charge is 0.493 e. The summed E-state index contributed by atoms with van der Waals surface area (Å²) in [5.74, 6) is 1.61. The maximum Gasteiger partial charge on any atom is 0.165 e. The van der Waals surface area contributed by atoms with Crippen LogP contribution in [0.2, 0.25) is 0 Å². The molecule has 4 nitrogen and oxygen atoms in total. The van der Waals surface area contributed by atoms with Crippen molar-refractivity contribution in [3.8, 4) is 5.75 Å². The van der Waals surface area contributed by atoms with Gasteiger partial charge in [0.25, 0.3) is 0 Å². The minimum absolute atomic E-state index is 0.246. The molecule has 0 amide bonds. The molecule has 1 aliphatic rings. The van der Waals surface area contributed by atoms with E-state index in [1.165, 1.54) is 6.07 Å². The molecule has 0 N–H and O–H groups in total. The van der Waals surface area contributed by atoms with Crippen molar-refractivity contribution in [1.29, 1.82) is 0 Å². The van der Waals surface area contributed by atoms with E-state index in [1.54, 1.807) is 18.5 Å². The first-order valence-electron chi connectivity index (χ1n) is 7.63. The Morgan fingerprint density at radius 2 is 2.09 bits per heavy atom. The third-order valence-electron chi connectivity index (χ3n) is 4.10. The van der Waals surface area contributed by atoms with Crippen LogP contribution in [0.15, 0.2) is 36.8 Å². The van der Waals surface area contributed by atoms with Crippen molar-refractivity contribution in [2.45, 2.75) is 19.8 Å². The molecular formula is C17H20FN3O. The van der Waals surface area contributed by atoms with Crippen LogP contribution in [0.25, 0.3) is 0 Å². The number of piperidine rings is 1. The minimum Gasteiger partial charge on any atom is -0.493 e. The Morgan fingerprint density at radius 3 is 2.82 bits per heavy atom. The van der Waals surface area contributed by atoms with Gasteiger partial charge in [-0.1, -0.05) is 0 Å². The fourth-order valence-electron chi connectivity index (χ4n) is 2.75. The third-order valence-corrected chi connectivity index (χ3v) is 4.10. The van der Waals surface area contributed by atoms with E-state index in [9.17, 15) is 4.39 Å². The molecule has 5 heteroatoms. The highest BCUT2D eigenvalue weighted by molar-refractivity contribution is 5.39. The Bertz CT molecular complexity index is 627. The summed E-state index contributed by atoms with van der Waals surface area (Å²) >= 11 is 0. The van der Waals surface area contributed by atoms with Crippen LogP contribution in [0.1, 0.15) is 18.4 Å². The van der Waals surface area contributed by atoms with E-state index in [1.807, 2.05) is 24.1 Å². The maximum atomic E-state index is 13.8. The molecule has 0 bridgehead atoms. The third kappa shape index (κ3) is 3.35. The van der Waals surface area contributed by atoms with Gasteiger partial charge in [-0.2, -0.15) is 0 Å². The minimum atomic E-state index is -0.246. The molecule has 116 valence electrons. The molecule has 1 fully saturated rings. The van der Waals surface area contributed by atoms with Gasteiger partial charge >= 0.3 is 0 Å². The lowest BCUT2D eigenvalue weighted by atomic mass is 9.98. The van der Waals surface area contributed by atoms with Crippen LogP contribution in [-0.2, 0) is 0 Å². The van der Waals surface area contributed by atoms with Crippen molar-refractivity contribution < 1.29 is 9.13 Å². The Morgan fingerprint density at radius 1 is 1.27 bits per heavy atom. The second-order valence-electron chi connectivity index (χ2n) is 5.69. The summed E-state index contributed by atoms with van der Waals surface area (Å²) in [6, 6.07) is 4.98. The molecule has 0 radical (unpaired) electrons. The van der Waals surface area contributed by atoms with Crippen LogP contribution in [0.3, 0.4) is 0 Å². The van der Waals surface area contributed by atoms with Crippen molar-refractivity contribution in [2.75, 3.05) is 24.6 Å². The number of hydrogen-bond acceptors (Lipinski definition) is 4. The summed E-state index contributed by atoms with van der Waals surface area (Å²) in [4.78, 5) is 10.2. The van der Waals surface area contributed by atoms with E-state index >= 15 is 0 Å². The first-order chi connectivity index (χ1) is 10.7. The Kier molecular flexibility index (Phi) is 4.51. The molecule has 0 spiro atoms. The van der Waals surface area contributed by atoms with Gasteiger partial charge in [0.2, 0.25) is 0 Å². The number of aryl methyl sites for hydroxylation is 1. The number of pyridine rings is 2. The molecule has 3 rings (SSSR count). The van der Waals surface area contributed by atoms with Crippen LogP contribution in [0.4, 0.5) is 10.2 Å². The van der Waals surface area contributed by atoms with Crippen LogP contribution in [0.5, 0.6) is 5.75 Å². The summed E-state index contributed by atoms with van der Waals surface area (Å²) in [6.45, 7) is 4.33. The molecule has 0 saturated carbocycles. The monoisotopic (exact) mass is 301 g/mol. The second kappa shape index (κ2) is 6.73. The van der Waals surface area contributed by atoms with Crippen LogP contribution in [-0.4, -0.2) is 29.7 Å². The highest BCUT2D eigenvalue weighted by atomic mass is 19.1. The predicted molar refractivity (Wildman–Crippen MR) is 83.6 cm³/mol. The summed E-state index contributed by atoms with van der Waals surface area (Å²) in [5, 5.41) is 0. The lowest BCUT2D eigenvalue weighted by molar-refractivity contribution is 0.221. The van der Waals surface area contributed by atoms with Gasteiger partial charge in [-0.05, 0) is 43.9 Å². The summed E-state index contributed by atoms with van der Waals surface area (Å²) in [6.07, 6.45) is 7.16. The van der Waals surface area contributed by atoms with Crippen LogP contribution >= 0.6 is 0 Å². The summed E-state index contributed by atoms with van der Waals surface area (Å²) < 4.78 is 19.6. The first kappa shape index (κ1) is 14.8.